The van der Waals surface area contributed by atoms with Gasteiger partial charge in [0.25, 0.3) is 0 Å². The molecule has 0 amide bonds. The fourth-order valence-corrected chi connectivity index (χ4v) is 2.69. The third kappa shape index (κ3) is 4.13. The van der Waals surface area contributed by atoms with Crippen molar-refractivity contribution in [2.45, 2.75) is 12.2 Å². The summed E-state index contributed by atoms with van der Waals surface area (Å²) in [6, 6.07) is 17.5. The first-order chi connectivity index (χ1) is 13.3. The predicted octanol–water partition coefficient (Wildman–Crippen LogP) is 3.56. The Bertz CT molecular complexity index is 821. The third-order valence-electron chi connectivity index (χ3n) is 4.48. The van der Waals surface area contributed by atoms with Crippen LogP contribution in [-0.4, -0.2) is 43.8 Å². The van der Waals surface area contributed by atoms with Gasteiger partial charge in [-0.2, -0.15) is 0 Å². The summed E-state index contributed by atoms with van der Waals surface area (Å²) >= 11 is 0. The molecular weight excluding hydrogens is 346 g/mol. The molecule has 2 saturated heterocycles. The van der Waals surface area contributed by atoms with Crippen LogP contribution in [0.3, 0.4) is 0 Å². The summed E-state index contributed by atoms with van der Waals surface area (Å²) in [6.07, 6.45) is 0.502. The first-order valence-electron chi connectivity index (χ1n) is 9.00. The number of nitrogens with zero attached hydrogens (tertiary/aromatic N) is 1. The molecule has 0 spiro atoms. The SMILES string of the molecule is c1cc(-c2cc(-c3ccc(OCC4CO4)cc3)on2)ccc1OCC1CO1. The molecule has 27 heavy (non-hydrogen) atoms. The molecule has 2 unspecified atom stereocenters. The van der Waals surface area contributed by atoms with Crippen molar-refractivity contribution in [3.8, 4) is 34.1 Å². The average Bonchev–Trinajstić information content (AvgIpc) is 3.65. The number of epoxide rings is 2. The summed E-state index contributed by atoms with van der Waals surface area (Å²) in [5.74, 6) is 2.36. The van der Waals surface area contributed by atoms with E-state index in [9.17, 15) is 0 Å². The highest BCUT2D eigenvalue weighted by molar-refractivity contribution is 5.67. The van der Waals surface area contributed by atoms with Crippen LogP contribution in [0.15, 0.2) is 59.1 Å². The van der Waals surface area contributed by atoms with Crippen LogP contribution in [0.4, 0.5) is 0 Å². The van der Waals surface area contributed by atoms with Gasteiger partial charge in [-0.05, 0) is 48.5 Å². The van der Waals surface area contributed by atoms with E-state index < -0.39 is 0 Å². The van der Waals surface area contributed by atoms with Gasteiger partial charge >= 0.3 is 0 Å². The van der Waals surface area contributed by atoms with Gasteiger partial charge in [0, 0.05) is 17.2 Å². The Hall–Kier alpha value is -2.83. The summed E-state index contributed by atoms with van der Waals surface area (Å²) in [5, 5.41) is 4.18. The maximum Gasteiger partial charge on any atom is 0.167 e. The Kier molecular flexibility index (Phi) is 4.27. The fourth-order valence-electron chi connectivity index (χ4n) is 2.69. The molecule has 2 fully saturated rings. The fraction of sp³-hybridized carbons (Fsp3) is 0.286. The monoisotopic (exact) mass is 365 g/mol. The summed E-state index contributed by atoms with van der Waals surface area (Å²) in [5.41, 5.74) is 2.71. The normalized spacial score (nSPS) is 20.3. The van der Waals surface area contributed by atoms with Crippen molar-refractivity contribution in [1.29, 1.82) is 0 Å². The zero-order chi connectivity index (χ0) is 18.1. The Balaban J connectivity index is 1.24. The van der Waals surface area contributed by atoms with Gasteiger partial charge in [-0.15, -0.1) is 0 Å². The molecule has 3 aromatic rings. The molecular formula is C21H19NO5. The zero-order valence-electron chi connectivity index (χ0n) is 14.7. The Morgan fingerprint density at radius 3 is 1.81 bits per heavy atom. The van der Waals surface area contributed by atoms with Crippen LogP contribution in [0.2, 0.25) is 0 Å². The van der Waals surface area contributed by atoms with E-state index in [1.165, 1.54) is 0 Å². The van der Waals surface area contributed by atoms with Crippen molar-refractivity contribution in [2.75, 3.05) is 26.4 Å². The lowest BCUT2D eigenvalue weighted by atomic mass is 10.1. The first kappa shape index (κ1) is 16.4. The molecule has 0 N–H and O–H groups in total. The summed E-state index contributed by atoms with van der Waals surface area (Å²) < 4.78 is 27.1. The van der Waals surface area contributed by atoms with E-state index in [1.54, 1.807) is 0 Å². The minimum absolute atomic E-state index is 0.250. The molecule has 0 saturated carbocycles. The maximum absolute atomic E-state index is 5.66. The lowest BCUT2D eigenvalue weighted by Crippen LogP contribution is -2.03. The van der Waals surface area contributed by atoms with Gasteiger partial charge in [0.2, 0.25) is 0 Å². The van der Waals surface area contributed by atoms with Crippen molar-refractivity contribution in [2.24, 2.45) is 0 Å². The van der Waals surface area contributed by atoms with E-state index >= 15 is 0 Å². The van der Waals surface area contributed by atoms with Crippen LogP contribution < -0.4 is 9.47 Å². The standard InChI is InChI=1S/C21H19NO5/c1-5-16(23-10-18-12-25-18)6-2-14(1)20-9-21(27-22-20)15-3-7-17(8-4-15)24-11-19-13-26-19/h1-9,18-19H,10-13H2. The Labute approximate surface area is 156 Å². The van der Waals surface area contributed by atoms with Crippen molar-refractivity contribution in [3.63, 3.8) is 0 Å². The molecule has 138 valence electrons. The highest BCUT2D eigenvalue weighted by Crippen LogP contribution is 2.28. The highest BCUT2D eigenvalue weighted by atomic mass is 16.6. The maximum atomic E-state index is 5.66. The van der Waals surface area contributed by atoms with Gasteiger partial charge in [-0.1, -0.05) is 5.16 Å². The van der Waals surface area contributed by atoms with E-state index in [2.05, 4.69) is 5.16 Å². The zero-order valence-corrected chi connectivity index (χ0v) is 14.7. The van der Waals surface area contributed by atoms with Crippen LogP contribution in [0.1, 0.15) is 0 Å². The van der Waals surface area contributed by atoms with Crippen molar-refractivity contribution in [3.05, 3.63) is 54.6 Å². The molecule has 0 aliphatic carbocycles. The minimum Gasteiger partial charge on any atom is -0.491 e. The van der Waals surface area contributed by atoms with Gasteiger partial charge < -0.3 is 23.5 Å². The highest BCUT2D eigenvalue weighted by Gasteiger charge is 2.23. The number of benzene rings is 2. The van der Waals surface area contributed by atoms with Crippen molar-refractivity contribution < 1.29 is 23.5 Å². The lowest BCUT2D eigenvalue weighted by Gasteiger charge is -2.04. The third-order valence-corrected chi connectivity index (χ3v) is 4.48. The Morgan fingerprint density at radius 1 is 0.778 bits per heavy atom. The van der Waals surface area contributed by atoms with E-state index in [4.69, 9.17) is 23.5 Å². The summed E-state index contributed by atoms with van der Waals surface area (Å²) in [7, 11) is 0. The van der Waals surface area contributed by atoms with Crippen molar-refractivity contribution >= 4 is 0 Å². The molecule has 2 aliphatic heterocycles. The lowest BCUT2D eigenvalue weighted by molar-refractivity contribution is 0.263. The number of ether oxygens (including phenoxy) is 4. The van der Waals surface area contributed by atoms with E-state index in [1.807, 2.05) is 54.6 Å². The molecule has 5 rings (SSSR count). The smallest absolute Gasteiger partial charge is 0.167 e. The molecule has 1 aromatic heterocycles. The number of aromatic nitrogens is 1. The topological polar surface area (TPSA) is 69.5 Å². The van der Waals surface area contributed by atoms with Crippen LogP contribution in [0, 0.1) is 0 Å². The van der Waals surface area contributed by atoms with Gasteiger partial charge in [-0.25, -0.2) is 0 Å². The van der Waals surface area contributed by atoms with Crippen LogP contribution in [0.25, 0.3) is 22.6 Å². The summed E-state index contributed by atoms with van der Waals surface area (Å²) in [6.45, 7) is 2.78. The quantitative estimate of drug-likeness (QED) is 0.569. The number of hydrogen-bond acceptors (Lipinski definition) is 6. The Morgan fingerprint density at radius 2 is 1.30 bits per heavy atom. The minimum atomic E-state index is 0.250. The van der Waals surface area contributed by atoms with Crippen LogP contribution in [0.5, 0.6) is 11.5 Å². The average molecular weight is 365 g/mol. The van der Waals surface area contributed by atoms with Crippen molar-refractivity contribution in [1.82, 2.24) is 5.16 Å². The van der Waals surface area contributed by atoms with Gasteiger partial charge in [0.1, 0.15) is 42.6 Å². The second-order valence-corrected chi connectivity index (χ2v) is 6.66. The van der Waals surface area contributed by atoms with Gasteiger partial charge in [0.05, 0.1) is 13.2 Å². The number of rotatable bonds is 8. The summed E-state index contributed by atoms with van der Waals surface area (Å²) in [4.78, 5) is 0. The van der Waals surface area contributed by atoms with Gasteiger partial charge in [0.15, 0.2) is 5.76 Å². The molecule has 3 heterocycles. The van der Waals surface area contributed by atoms with Crippen LogP contribution >= 0.6 is 0 Å². The number of hydrogen-bond donors (Lipinski definition) is 0. The van der Waals surface area contributed by atoms with Gasteiger partial charge in [-0.3, -0.25) is 0 Å². The molecule has 0 bridgehead atoms. The second-order valence-electron chi connectivity index (χ2n) is 6.66. The molecule has 6 heteroatoms. The predicted molar refractivity (Wildman–Crippen MR) is 97.8 cm³/mol. The molecule has 6 nitrogen and oxygen atoms in total. The molecule has 2 atom stereocenters. The van der Waals surface area contributed by atoms with Crippen LogP contribution in [-0.2, 0) is 9.47 Å². The molecule has 2 aliphatic rings. The van der Waals surface area contributed by atoms with E-state index in [0.29, 0.717) is 19.0 Å². The van der Waals surface area contributed by atoms with E-state index in [0.717, 1.165) is 41.5 Å². The first-order valence-corrected chi connectivity index (χ1v) is 9.00. The largest absolute Gasteiger partial charge is 0.491 e. The molecule has 2 aromatic carbocycles. The van der Waals surface area contributed by atoms with E-state index in [-0.39, 0.29) is 12.2 Å². The second kappa shape index (κ2) is 7.06. The molecule has 0 radical (unpaired) electrons.